The number of carboxylic acid groups (broad SMARTS) is 2. The van der Waals surface area contributed by atoms with Gasteiger partial charge in [0.2, 0.25) is 0 Å². The summed E-state index contributed by atoms with van der Waals surface area (Å²) in [5.74, 6) is -4.32. The number of aliphatic carboxylic acids is 2. The summed E-state index contributed by atoms with van der Waals surface area (Å²) in [7, 11) is 0. The summed E-state index contributed by atoms with van der Waals surface area (Å²) >= 11 is 0. The highest BCUT2D eigenvalue weighted by atomic mass is 16.4. The van der Waals surface area contributed by atoms with Crippen LogP contribution in [0.15, 0.2) is 4.99 Å². The molecule has 7 heteroatoms. The van der Waals surface area contributed by atoms with Gasteiger partial charge in [-0.15, -0.1) is 0 Å². The minimum absolute atomic E-state index is 0.263. The van der Waals surface area contributed by atoms with E-state index in [0.717, 1.165) is 6.21 Å². The summed E-state index contributed by atoms with van der Waals surface area (Å²) < 4.78 is 0. The van der Waals surface area contributed by atoms with E-state index < -0.39 is 30.3 Å². The van der Waals surface area contributed by atoms with Crippen LogP contribution in [-0.2, 0) is 19.2 Å². The van der Waals surface area contributed by atoms with Crippen LogP contribution in [0.2, 0.25) is 0 Å². The average molecular weight is 255 g/mol. The van der Waals surface area contributed by atoms with Gasteiger partial charge in [0.05, 0.1) is 6.42 Å². The molecular weight excluding hydrogens is 242 g/mol. The van der Waals surface area contributed by atoms with Gasteiger partial charge in [0, 0.05) is 19.1 Å². The van der Waals surface area contributed by atoms with Crippen molar-refractivity contribution in [2.45, 2.75) is 31.7 Å². The van der Waals surface area contributed by atoms with E-state index in [9.17, 15) is 19.2 Å². The first-order valence-corrected chi connectivity index (χ1v) is 5.45. The maximum atomic E-state index is 11.4. The summed E-state index contributed by atoms with van der Waals surface area (Å²) in [6.45, 7) is 0. The molecule has 1 fully saturated rings. The molecule has 0 aromatic carbocycles. The van der Waals surface area contributed by atoms with Crippen molar-refractivity contribution in [2.24, 2.45) is 10.9 Å². The van der Waals surface area contributed by atoms with E-state index in [1.807, 2.05) is 0 Å². The van der Waals surface area contributed by atoms with E-state index in [-0.39, 0.29) is 24.4 Å². The molecule has 1 aliphatic rings. The van der Waals surface area contributed by atoms with Crippen molar-refractivity contribution in [1.29, 1.82) is 0 Å². The number of carbonyl (C=O) groups excluding carboxylic acids is 2. The van der Waals surface area contributed by atoms with Crippen molar-refractivity contribution < 1.29 is 29.4 Å². The molecule has 0 radical (unpaired) electrons. The molecule has 2 N–H and O–H groups in total. The van der Waals surface area contributed by atoms with Crippen LogP contribution in [0, 0.1) is 5.92 Å². The SMILES string of the molecule is O=C(O)C[C@@H](N=CC1C(=O)CCCC1=O)C(=O)O. The predicted octanol–water partition coefficient (Wildman–Crippen LogP) is -0.0766. The molecule has 1 saturated carbocycles. The highest BCUT2D eigenvalue weighted by Crippen LogP contribution is 2.16. The Labute approximate surface area is 103 Å². The maximum Gasteiger partial charge on any atom is 0.329 e. The van der Waals surface area contributed by atoms with Crippen molar-refractivity contribution >= 4 is 29.7 Å². The lowest BCUT2D eigenvalue weighted by molar-refractivity contribution is -0.144. The zero-order valence-electron chi connectivity index (χ0n) is 9.54. The quantitative estimate of drug-likeness (QED) is 0.523. The van der Waals surface area contributed by atoms with Crippen molar-refractivity contribution in [3.8, 4) is 0 Å². The predicted molar refractivity (Wildman–Crippen MR) is 59.5 cm³/mol. The van der Waals surface area contributed by atoms with Crippen LogP contribution in [0.5, 0.6) is 0 Å². The highest BCUT2D eigenvalue weighted by Gasteiger charge is 2.29. The third kappa shape index (κ3) is 3.76. The fourth-order valence-electron chi connectivity index (χ4n) is 1.65. The Bertz CT molecular complexity index is 398. The number of rotatable bonds is 5. The highest BCUT2D eigenvalue weighted by molar-refractivity contribution is 6.16. The number of Topliss-reactive ketones (excluding diaryl/α,β-unsaturated/α-hetero) is 2. The van der Waals surface area contributed by atoms with Gasteiger partial charge in [0.15, 0.2) is 6.04 Å². The van der Waals surface area contributed by atoms with E-state index in [2.05, 4.69) is 4.99 Å². The van der Waals surface area contributed by atoms with Gasteiger partial charge in [-0.25, -0.2) is 4.79 Å². The first kappa shape index (κ1) is 14.0. The van der Waals surface area contributed by atoms with Crippen LogP contribution in [0.4, 0.5) is 0 Å². The molecule has 0 aliphatic heterocycles. The van der Waals surface area contributed by atoms with Gasteiger partial charge in [-0.3, -0.25) is 19.4 Å². The molecule has 0 unspecified atom stereocenters. The fraction of sp³-hybridized carbons (Fsp3) is 0.545. The lowest BCUT2D eigenvalue weighted by Gasteiger charge is -2.15. The fourth-order valence-corrected chi connectivity index (χ4v) is 1.65. The van der Waals surface area contributed by atoms with Gasteiger partial charge in [0.1, 0.15) is 17.5 Å². The third-order valence-corrected chi connectivity index (χ3v) is 2.61. The van der Waals surface area contributed by atoms with Crippen LogP contribution in [-0.4, -0.2) is 46.0 Å². The number of hydrogen-bond acceptors (Lipinski definition) is 5. The Morgan fingerprint density at radius 2 is 1.83 bits per heavy atom. The molecule has 1 aliphatic carbocycles. The molecule has 0 heterocycles. The zero-order chi connectivity index (χ0) is 13.7. The lowest BCUT2D eigenvalue weighted by atomic mass is 9.87. The standard InChI is InChI=1S/C11H13NO6/c13-8-2-1-3-9(14)6(8)5-12-7(11(17)18)4-10(15)16/h5-7H,1-4H2,(H,15,16)(H,17,18)/t7-/m1/s1. The Kier molecular flexibility index (Phi) is 4.70. The minimum atomic E-state index is -1.47. The summed E-state index contributed by atoms with van der Waals surface area (Å²) in [5.41, 5.74) is 0. The largest absolute Gasteiger partial charge is 0.481 e. The number of carboxylic acids is 2. The van der Waals surface area contributed by atoms with Crippen LogP contribution in [0.25, 0.3) is 0 Å². The van der Waals surface area contributed by atoms with Gasteiger partial charge in [-0.05, 0) is 6.42 Å². The van der Waals surface area contributed by atoms with Crippen LogP contribution < -0.4 is 0 Å². The van der Waals surface area contributed by atoms with Gasteiger partial charge in [-0.1, -0.05) is 0 Å². The van der Waals surface area contributed by atoms with Crippen LogP contribution in [0.1, 0.15) is 25.7 Å². The molecule has 98 valence electrons. The Balaban J connectivity index is 2.75. The van der Waals surface area contributed by atoms with Crippen molar-refractivity contribution in [3.63, 3.8) is 0 Å². The number of nitrogens with zero attached hydrogens (tertiary/aromatic N) is 1. The maximum absolute atomic E-state index is 11.4. The smallest absolute Gasteiger partial charge is 0.329 e. The minimum Gasteiger partial charge on any atom is -0.481 e. The van der Waals surface area contributed by atoms with Crippen LogP contribution in [0.3, 0.4) is 0 Å². The molecular formula is C11H13NO6. The molecule has 0 aromatic rings. The second-order valence-electron chi connectivity index (χ2n) is 4.01. The lowest BCUT2D eigenvalue weighted by Crippen LogP contribution is -2.31. The summed E-state index contributed by atoms with van der Waals surface area (Å²) in [4.78, 5) is 47.6. The molecule has 0 spiro atoms. The van der Waals surface area contributed by atoms with E-state index in [1.54, 1.807) is 0 Å². The number of ketones is 2. The third-order valence-electron chi connectivity index (χ3n) is 2.61. The van der Waals surface area contributed by atoms with Gasteiger partial charge < -0.3 is 10.2 Å². The van der Waals surface area contributed by atoms with Gasteiger partial charge in [-0.2, -0.15) is 0 Å². The summed E-state index contributed by atoms with van der Waals surface area (Å²) in [6.07, 6.45) is 1.32. The Morgan fingerprint density at radius 3 is 2.28 bits per heavy atom. The van der Waals surface area contributed by atoms with E-state index >= 15 is 0 Å². The number of hydrogen-bond donors (Lipinski definition) is 2. The zero-order valence-corrected chi connectivity index (χ0v) is 9.54. The van der Waals surface area contributed by atoms with Crippen molar-refractivity contribution in [2.75, 3.05) is 0 Å². The van der Waals surface area contributed by atoms with Gasteiger partial charge >= 0.3 is 11.9 Å². The van der Waals surface area contributed by atoms with Crippen LogP contribution >= 0.6 is 0 Å². The Hall–Kier alpha value is -2.05. The molecule has 18 heavy (non-hydrogen) atoms. The second-order valence-corrected chi connectivity index (χ2v) is 4.01. The van der Waals surface area contributed by atoms with E-state index in [0.29, 0.717) is 6.42 Å². The summed E-state index contributed by atoms with van der Waals surface area (Å²) in [6, 6.07) is -1.47. The molecule has 0 amide bonds. The average Bonchev–Trinajstić information content (AvgIpc) is 2.26. The molecule has 1 rings (SSSR count). The monoisotopic (exact) mass is 255 g/mol. The van der Waals surface area contributed by atoms with Crippen molar-refractivity contribution in [3.05, 3.63) is 0 Å². The first-order valence-electron chi connectivity index (χ1n) is 5.45. The van der Waals surface area contributed by atoms with Crippen molar-refractivity contribution in [1.82, 2.24) is 0 Å². The molecule has 0 aromatic heterocycles. The first-order chi connectivity index (χ1) is 8.41. The van der Waals surface area contributed by atoms with E-state index in [4.69, 9.17) is 10.2 Å². The molecule has 7 nitrogen and oxygen atoms in total. The normalized spacial score (nSPS) is 19.1. The van der Waals surface area contributed by atoms with Gasteiger partial charge in [0.25, 0.3) is 0 Å². The Morgan fingerprint density at radius 1 is 1.28 bits per heavy atom. The number of carbonyl (C=O) groups is 4. The second kappa shape index (κ2) is 6.04. The number of aliphatic imine (C=N–C) groups is 1. The van der Waals surface area contributed by atoms with E-state index in [1.165, 1.54) is 0 Å². The molecule has 0 bridgehead atoms. The summed E-state index contributed by atoms with van der Waals surface area (Å²) in [5, 5.41) is 17.2. The topological polar surface area (TPSA) is 121 Å². The molecule has 1 atom stereocenters. The molecule has 0 saturated heterocycles.